The topological polar surface area (TPSA) is 105 Å². The van der Waals surface area contributed by atoms with E-state index in [0.717, 1.165) is 48.2 Å². The van der Waals surface area contributed by atoms with Gasteiger partial charge in [-0.25, -0.2) is 0 Å². The van der Waals surface area contributed by atoms with Gasteiger partial charge in [0, 0.05) is 30.8 Å². The van der Waals surface area contributed by atoms with Gasteiger partial charge in [-0.3, -0.25) is 9.59 Å². The first-order chi connectivity index (χ1) is 15.3. The van der Waals surface area contributed by atoms with Gasteiger partial charge in [0.05, 0.1) is 12.6 Å². The van der Waals surface area contributed by atoms with Gasteiger partial charge in [0.15, 0.2) is 0 Å². The van der Waals surface area contributed by atoms with Crippen molar-refractivity contribution in [3.8, 4) is 11.5 Å². The fourth-order valence-electron chi connectivity index (χ4n) is 4.17. The molecule has 2 aromatic rings. The van der Waals surface area contributed by atoms with Crippen LogP contribution in [0.25, 0.3) is 0 Å². The number of aryl methyl sites for hydroxylation is 2. The Morgan fingerprint density at radius 3 is 2.44 bits per heavy atom. The molecule has 1 heterocycles. The molecule has 2 aromatic carbocycles. The van der Waals surface area contributed by atoms with E-state index in [9.17, 15) is 14.7 Å². The Hall–Kier alpha value is -3.06. The number of carbonyl (C=O) groups excluding carboxylic acids is 2. The first-order valence-electron chi connectivity index (χ1n) is 11.2. The third kappa shape index (κ3) is 5.59. The van der Waals surface area contributed by atoms with Crippen molar-refractivity contribution in [1.29, 1.82) is 0 Å². The molecule has 4 N–H and O–H groups in total. The number of benzene rings is 2. The zero-order chi connectivity index (χ0) is 23.3. The summed E-state index contributed by atoms with van der Waals surface area (Å²) in [5.74, 6) is 0.571. The van der Waals surface area contributed by atoms with Crippen LogP contribution in [-0.4, -0.2) is 47.6 Å². The Kier molecular flexibility index (Phi) is 7.75. The van der Waals surface area contributed by atoms with Crippen LogP contribution in [0.3, 0.4) is 0 Å². The zero-order valence-corrected chi connectivity index (χ0v) is 19.1. The van der Waals surface area contributed by atoms with Crippen LogP contribution in [-0.2, 0) is 17.8 Å². The molecule has 7 nitrogen and oxygen atoms in total. The third-order valence-corrected chi connectivity index (χ3v) is 5.90. The smallest absolute Gasteiger partial charge is 0.253 e. The molecule has 0 aromatic heterocycles. The molecule has 0 bridgehead atoms. The van der Waals surface area contributed by atoms with E-state index in [2.05, 4.69) is 5.32 Å². The van der Waals surface area contributed by atoms with E-state index in [1.807, 2.05) is 25.7 Å². The number of likely N-dealkylation sites (tertiary alicyclic amines) is 1. The van der Waals surface area contributed by atoms with Crippen molar-refractivity contribution in [3.63, 3.8) is 0 Å². The molecule has 1 fully saturated rings. The van der Waals surface area contributed by atoms with Gasteiger partial charge < -0.3 is 25.8 Å². The van der Waals surface area contributed by atoms with Gasteiger partial charge in [0.2, 0.25) is 5.91 Å². The Morgan fingerprint density at radius 1 is 1.16 bits per heavy atom. The summed E-state index contributed by atoms with van der Waals surface area (Å²) in [6.45, 7) is 7.94. The SMILES string of the molecule is CCOc1ccc(C(=O)N2CCCC2)cc1CNC(=O)[C@@H](N)Cc1c(C)cc(O)cc1C. The molecule has 172 valence electrons. The van der Waals surface area contributed by atoms with Gasteiger partial charge in [-0.05, 0) is 87.1 Å². The predicted octanol–water partition coefficient (Wildman–Crippen LogP) is 2.83. The highest BCUT2D eigenvalue weighted by atomic mass is 16.5. The molecule has 1 saturated heterocycles. The van der Waals surface area contributed by atoms with Gasteiger partial charge in [0.25, 0.3) is 5.91 Å². The molecule has 7 heteroatoms. The number of phenolic OH excluding ortho intramolecular Hbond substituents is 1. The molecule has 0 saturated carbocycles. The molecule has 32 heavy (non-hydrogen) atoms. The number of hydrogen-bond donors (Lipinski definition) is 3. The van der Waals surface area contributed by atoms with E-state index in [0.29, 0.717) is 24.3 Å². The maximum atomic E-state index is 12.8. The van der Waals surface area contributed by atoms with Crippen LogP contribution in [0.2, 0.25) is 0 Å². The second-order valence-corrected chi connectivity index (χ2v) is 8.34. The van der Waals surface area contributed by atoms with Gasteiger partial charge in [-0.2, -0.15) is 0 Å². The van der Waals surface area contributed by atoms with Crippen molar-refractivity contribution in [2.24, 2.45) is 5.73 Å². The Labute approximate surface area is 189 Å². The third-order valence-electron chi connectivity index (χ3n) is 5.90. The van der Waals surface area contributed by atoms with Crippen LogP contribution in [0.5, 0.6) is 11.5 Å². The summed E-state index contributed by atoms with van der Waals surface area (Å²) in [5.41, 5.74) is 10.3. The van der Waals surface area contributed by atoms with Crippen molar-refractivity contribution in [2.45, 2.75) is 52.6 Å². The van der Waals surface area contributed by atoms with Crippen LogP contribution in [0.15, 0.2) is 30.3 Å². The van der Waals surface area contributed by atoms with E-state index >= 15 is 0 Å². The van der Waals surface area contributed by atoms with Crippen molar-refractivity contribution >= 4 is 11.8 Å². The van der Waals surface area contributed by atoms with E-state index in [1.54, 1.807) is 30.3 Å². The summed E-state index contributed by atoms with van der Waals surface area (Å²) >= 11 is 0. The highest BCUT2D eigenvalue weighted by molar-refractivity contribution is 5.94. The monoisotopic (exact) mass is 439 g/mol. The summed E-state index contributed by atoms with van der Waals surface area (Å²) in [6, 6.07) is 7.97. The lowest BCUT2D eigenvalue weighted by Gasteiger charge is -2.19. The molecule has 0 radical (unpaired) electrons. The fourth-order valence-corrected chi connectivity index (χ4v) is 4.17. The van der Waals surface area contributed by atoms with E-state index in [-0.39, 0.29) is 24.1 Å². The molecule has 2 amide bonds. The maximum Gasteiger partial charge on any atom is 0.253 e. The number of ether oxygens (including phenoxy) is 1. The number of nitrogens with two attached hydrogens (primary N) is 1. The van der Waals surface area contributed by atoms with Gasteiger partial charge in [-0.1, -0.05) is 0 Å². The largest absolute Gasteiger partial charge is 0.508 e. The summed E-state index contributed by atoms with van der Waals surface area (Å²) in [4.78, 5) is 27.3. The summed E-state index contributed by atoms with van der Waals surface area (Å²) in [6.07, 6.45) is 2.43. The lowest BCUT2D eigenvalue weighted by Crippen LogP contribution is -2.42. The summed E-state index contributed by atoms with van der Waals surface area (Å²) < 4.78 is 5.70. The quantitative estimate of drug-likeness (QED) is 0.587. The van der Waals surface area contributed by atoms with Crippen LogP contribution in [0.4, 0.5) is 0 Å². The molecule has 1 atom stereocenters. The molecule has 1 aliphatic rings. The van der Waals surface area contributed by atoms with E-state index < -0.39 is 6.04 Å². The minimum atomic E-state index is -0.734. The highest BCUT2D eigenvalue weighted by Crippen LogP contribution is 2.24. The fraction of sp³-hybridized carbons (Fsp3) is 0.440. The maximum absolute atomic E-state index is 12.8. The summed E-state index contributed by atoms with van der Waals surface area (Å²) in [7, 11) is 0. The minimum Gasteiger partial charge on any atom is -0.508 e. The Morgan fingerprint density at radius 2 is 1.81 bits per heavy atom. The number of nitrogens with zero attached hydrogens (tertiary/aromatic N) is 1. The van der Waals surface area contributed by atoms with Crippen molar-refractivity contribution in [2.75, 3.05) is 19.7 Å². The summed E-state index contributed by atoms with van der Waals surface area (Å²) in [5, 5.41) is 12.6. The number of rotatable bonds is 8. The van der Waals surface area contributed by atoms with E-state index in [4.69, 9.17) is 10.5 Å². The predicted molar refractivity (Wildman–Crippen MR) is 124 cm³/mol. The molecule has 3 rings (SSSR count). The van der Waals surface area contributed by atoms with E-state index in [1.165, 1.54) is 0 Å². The van der Waals surface area contributed by atoms with Crippen LogP contribution in [0.1, 0.15) is 52.4 Å². The standard InChI is InChI=1S/C25H33N3O4/c1-4-32-23-8-7-18(25(31)28-9-5-6-10-28)13-19(23)15-27-24(30)22(26)14-21-16(2)11-20(29)12-17(21)3/h7-8,11-13,22,29H,4-6,9-10,14-15,26H2,1-3H3,(H,27,30)/t22-/m0/s1. The second kappa shape index (κ2) is 10.5. The Bertz CT molecular complexity index is 960. The average Bonchev–Trinajstić information content (AvgIpc) is 3.29. The molecule has 0 unspecified atom stereocenters. The first-order valence-corrected chi connectivity index (χ1v) is 11.2. The highest BCUT2D eigenvalue weighted by Gasteiger charge is 2.21. The zero-order valence-electron chi connectivity index (χ0n) is 19.1. The van der Waals surface area contributed by atoms with Crippen molar-refractivity contribution in [1.82, 2.24) is 10.2 Å². The first kappa shape index (κ1) is 23.6. The van der Waals surface area contributed by atoms with Crippen LogP contribution >= 0.6 is 0 Å². The minimum absolute atomic E-state index is 0.00751. The van der Waals surface area contributed by atoms with Crippen LogP contribution < -0.4 is 15.8 Å². The number of nitrogens with one attached hydrogen (secondary N) is 1. The lowest BCUT2D eigenvalue weighted by atomic mass is 9.96. The van der Waals surface area contributed by atoms with Crippen LogP contribution in [0, 0.1) is 13.8 Å². The number of phenols is 1. The van der Waals surface area contributed by atoms with Gasteiger partial charge in [-0.15, -0.1) is 0 Å². The molecule has 0 aliphatic carbocycles. The Balaban J connectivity index is 1.69. The molecule has 0 spiro atoms. The second-order valence-electron chi connectivity index (χ2n) is 8.34. The van der Waals surface area contributed by atoms with Gasteiger partial charge >= 0.3 is 0 Å². The molecule has 1 aliphatic heterocycles. The molecular formula is C25H33N3O4. The number of aromatic hydroxyl groups is 1. The van der Waals surface area contributed by atoms with Crippen molar-refractivity contribution < 1.29 is 19.4 Å². The normalized spacial score (nSPS) is 14.3. The molecular weight excluding hydrogens is 406 g/mol. The number of amides is 2. The lowest BCUT2D eigenvalue weighted by molar-refractivity contribution is -0.122. The number of carbonyl (C=O) groups is 2. The average molecular weight is 440 g/mol. The number of hydrogen-bond acceptors (Lipinski definition) is 5. The van der Waals surface area contributed by atoms with Gasteiger partial charge in [0.1, 0.15) is 11.5 Å². The van der Waals surface area contributed by atoms with Crippen molar-refractivity contribution in [3.05, 3.63) is 58.1 Å².